The van der Waals surface area contributed by atoms with Gasteiger partial charge in [-0.25, -0.2) is 0 Å². The fourth-order valence-corrected chi connectivity index (χ4v) is 8.21. The minimum Gasteiger partial charge on any atom is -0.497 e. The molecule has 4 aliphatic carbocycles. The van der Waals surface area contributed by atoms with Gasteiger partial charge in [0.2, 0.25) is 5.91 Å². The maximum Gasteiger partial charge on any atom is 0.226 e. The smallest absolute Gasteiger partial charge is 0.226 e. The average Bonchev–Trinajstić information content (AvgIpc) is 2.89. The quantitative estimate of drug-likeness (QED) is 0.631. The third kappa shape index (κ3) is 4.27. The Morgan fingerprint density at radius 1 is 1.03 bits per heavy atom. The highest BCUT2D eigenvalue weighted by molar-refractivity contribution is 5.83. The molecule has 4 bridgehead atoms. The van der Waals surface area contributed by atoms with E-state index in [1.807, 2.05) is 12.1 Å². The Kier molecular flexibility index (Phi) is 6.10. The van der Waals surface area contributed by atoms with E-state index in [0.29, 0.717) is 24.3 Å². The Bertz CT molecular complexity index is 1020. The van der Waals surface area contributed by atoms with Gasteiger partial charge in [-0.1, -0.05) is 42.5 Å². The van der Waals surface area contributed by atoms with E-state index in [1.54, 1.807) is 7.11 Å². The monoisotopic (exact) mass is 474 g/mol. The van der Waals surface area contributed by atoms with Gasteiger partial charge in [0, 0.05) is 19.6 Å². The molecule has 1 amide bonds. The second-order valence-electron chi connectivity index (χ2n) is 11.5. The Hall–Kier alpha value is -2.37. The fraction of sp³-hybridized carbons (Fsp3) is 0.567. The first-order valence-corrected chi connectivity index (χ1v) is 13.4. The number of hydrogen-bond acceptors (Lipinski definition) is 4. The number of morpholine rings is 1. The minimum atomic E-state index is -0.213. The van der Waals surface area contributed by atoms with Gasteiger partial charge >= 0.3 is 0 Å². The van der Waals surface area contributed by atoms with Gasteiger partial charge in [0.05, 0.1) is 31.8 Å². The van der Waals surface area contributed by atoms with E-state index >= 15 is 0 Å². The molecule has 1 heterocycles. The molecule has 2 aromatic rings. The first-order valence-electron chi connectivity index (χ1n) is 13.4. The molecule has 1 saturated heterocycles. The van der Waals surface area contributed by atoms with Crippen molar-refractivity contribution in [2.75, 3.05) is 40.0 Å². The zero-order chi connectivity index (χ0) is 23.9. The summed E-state index contributed by atoms with van der Waals surface area (Å²) in [4.78, 5) is 16.5. The molecule has 0 radical (unpaired) electrons. The number of nitrogens with one attached hydrogen (secondary N) is 1. The van der Waals surface area contributed by atoms with Gasteiger partial charge in [-0.15, -0.1) is 0 Å². The lowest BCUT2D eigenvalue weighted by Gasteiger charge is -2.61. The summed E-state index contributed by atoms with van der Waals surface area (Å²) in [5.41, 5.74) is 2.65. The summed E-state index contributed by atoms with van der Waals surface area (Å²) in [6.07, 6.45) is 6.96. The number of ether oxygens (including phenoxy) is 2. The van der Waals surface area contributed by atoms with E-state index in [2.05, 4.69) is 52.7 Å². The number of benzene rings is 2. The maximum atomic E-state index is 14.0. The van der Waals surface area contributed by atoms with Crippen molar-refractivity contribution in [2.45, 2.75) is 50.0 Å². The van der Waals surface area contributed by atoms with Crippen LogP contribution in [0.4, 0.5) is 0 Å². The van der Waals surface area contributed by atoms with Crippen LogP contribution in [0, 0.1) is 17.3 Å². The Balaban J connectivity index is 1.22. The van der Waals surface area contributed by atoms with Crippen molar-refractivity contribution < 1.29 is 14.3 Å². The molecule has 5 aliphatic rings. The summed E-state index contributed by atoms with van der Waals surface area (Å²) in [6.45, 7) is 3.90. The lowest BCUT2D eigenvalue weighted by Crippen LogP contribution is -2.59. The first-order chi connectivity index (χ1) is 17.1. The number of hydrogen-bond donors (Lipinski definition) is 1. The second kappa shape index (κ2) is 9.25. The van der Waals surface area contributed by atoms with Gasteiger partial charge in [0.1, 0.15) is 5.75 Å². The summed E-state index contributed by atoms with van der Waals surface area (Å²) in [7, 11) is 1.70. The Morgan fingerprint density at radius 2 is 1.71 bits per heavy atom. The zero-order valence-corrected chi connectivity index (χ0v) is 20.9. The molecule has 1 N–H and O–H groups in total. The van der Waals surface area contributed by atoms with Gasteiger partial charge < -0.3 is 14.8 Å². The van der Waals surface area contributed by atoms with E-state index in [1.165, 1.54) is 30.4 Å². The molecule has 35 heavy (non-hydrogen) atoms. The van der Waals surface area contributed by atoms with E-state index in [9.17, 15) is 4.79 Å². The number of nitrogens with zero attached hydrogens (tertiary/aromatic N) is 1. The van der Waals surface area contributed by atoms with Gasteiger partial charge in [0.25, 0.3) is 0 Å². The summed E-state index contributed by atoms with van der Waals surface area (Å²) in [5.74, 6) is 2.51. The van der Waals surface area contributed by atoms with Crippen LogP contribution in [0.1, 0.15) is 55.7 Å². The summed E-state index contributed by atoms with van der Waals surface area (Å²) in [6, 6.07) is 19.5. The first kappa shape index (κ1) is 23.1. The van der Waals surface area contributed by atoms with Crippen LogP contribution in [0.15, 0.2) is 54.6 Å². The molecular weight excluding hydrogens is 436 g/mol. The third-order valence-corrected chi connectivity index (χ3v) is 9.37. The predicted octanol–water partition coefficient (Wildman–Crippen LogP) is 4.72. The third-order valence-electron chi connectivity index (χ3n) is 9.37. The molecule has 4 saturated carbocycles. The molecule has 5 atom stereocenters. The largest absolute Gasteiger partial charge is 0.497 e. The highest BCUT2D eigenvalue weighted by atomic mass is 16.5. The summed E-state index contributed by atoms with van der Waals surface area (Å²) in [5, 5.41) is 3.48. The molecule has 0 spiro atoms. The number of carbonyl (C=O) groups is 1. The van der Waals surface area contributed by atoms with Crippen LogP contribution >= 0.6 is 0 Å². The topological polar surface area (TPSA) is 50.8 Å². The predicted molar refractivity (Wildman–Crippen MR) is 136 cm³/mol. The zero-order valence-electron chi connectivity index (χ0n) is 20.9. The van der Waals surface area contributed by atoms with Gasteiger partial charge in [0.15, 0.2) is 0 Å². The van der Waals surface area contributed by atoms with Crippen molar-refractivity contribution in [3.05, 3.63) is 65.7 Å². The summed E-state index contributed by atoms with van der Waals surface area (Å²) < 4.78 is 11.0. The average molecular weight is 475 g/mol. The van der Waals surface area contributed by atoms with Crippen molar-refractivity contribution in [2.24, 2.45) is 17.3 Å². The van der Waals surface area contributed by atoms with E-state index in [0.717, 1.165) is 51.3 Å². The standard InChI is InChI=1S/C30H38N2O3/c1-34-26-9-7-24(8-10-26)27(32-11-13-35-14-12-32)20-31-28(33)30-18-22-15-23(19-30)17-29(16-22,21-30)25-5-3-2-4-6-25/h2-10,22-23,27H,11-21H2,1H3,(H,31,33)/t22-,23+,27-,29?,30?/m0/s1. The van der Waals surface area contributed by atoms with Crippen LogP contribution in [-0.2, 0) is 14.9 Å². The van der Waals surface area contributed by atoms with E-state index < -0.39 is 0 Å². The molecule has 1 aliphatic heterocycles. The van der Waals surface area contributed by atoms with Crippen molar-refractivity contribution in [1.82, 2.24) is 10.2 Å². The molecule has 7 rings (SSSR count). The minimum absolute atomic E-state index is 0.144. The van der Waals surface area contributed by atoms with Crippen LogP contribution in [0.5, 0.6) is 5.75 Å². The van der Waals surface area contributed by atoms with Crippen molar-refractivity contribution >= 4 is 5.91 Å². The van der Waals surface area contributed by atoms with Crippen LogP contribution in [0.3, 0.4) is 0 Å². The molecule has 186 valence electrons. The number of amides is 1. The number of carbonyl (C=O) groups excluding carboxylic acids is 1. The van der Waals surface area contributed by atoms with Crippen molar-refractivity contribution in [3.63, 3.8) is 0 Å². The number of rotatable bonds is 7. The lowest BCUT2D eigenvalue weighted by molar-refractivity contribution is -0.149. The van der Waals surface area contributed by atoms with E-state index in [-0.39, 0.29) is 16.9 Å². The fourth-order valence-electron chi connectivity index (χ4n) is 8.21. The lowest BCUT2D eigenvalue weighted by atomic mass is 9.42. The SMILES string of the molecule is COc1ccc([C@H](CNC(=O)C23C[C@H]4C[C@@H](C2)CC(c2ccccc2)(C4)C3)N2CCOCC2)cc1. The van der Waals surface area contributed by atoms with E-state index in [4.69, 9.17) is 9.47 Å². The Morgan fingerprint density at radius 3 is 2.37 bits per heavy atom. The second-order valence-corrected chi connectivity index (χ2v) is 11.5. The highest BCUT2D eigenvalue weighted by Gasteiger charge is 2.60. The van der Waals surface area contributed by atoms with Gasteiger partial charge in [-0.3, -0.25) is 9.69 Å². The van der Waals surface area contributed by atoms with Crippen molar-refractivity contribution in [3.8, 4) is 5.75 Å². The van der Waals surface area contributed by atoms with Gasteiger partial charge in [-0.05, 0) is 79.0 Å². The molecule has 2 aromatic carbocycles. The molecule has 5 fully saturated rings. The molecule has 0 aromatic heterocycles. The molecule has 2 unspecified atom stereocenters. The number of methoxy groups -OCH3 is 1. The Labute approximate surface area is 209 Å². The molecular formula is C30H38N2O3. The van der Waals surface area contributed by atoms with Crippen LogP contribution < -0.4 is 10.1 Å². The maximum absolute atomic E-state index is 14.0. The van der Waals surface area contributed by atoms with Crippen molar-refractivity contribution in [1.29, 1.82) is 0 Å². The normalized spacial score (nSPS) is 32.8. The van der Waals surface area contributed by atoms with Crippen LogP contribution in [0.25, 0.3) is 0 Å². The molecule has 5 heteroatoms. The van der Waals surface area contributed by atoms with Gasteiger partial charge in [-0.2, -0.15) is 0 Å². The highest BCUT2D eigenvalue weighted by Crippen LogP contribution is 2.65. The van der Waals surface area contributed by atoms with Crippen LogP contribution in [0.2, 0.25) is 0 Å². The summed E-state index contributed by atoms with van der Waals surface area (Å²) >= 11 is 0. The molecule has 5 nitrogen and oxygen atoms in total. The van der Waals surface area contributed by atoms with Crippen LogP contribution in [-0.4, -0.2) is 50.8 Å².